The second-order valence-electron chi connectivity index (χ2n) is 5.75. The second-order valence-corrected chi connectivity index (χ2v) is 6.70. The Morgan fingerprint density at radius 2 is 2.16 bits per heavy atom. The standard InChI is InChI=1S/C16H15F3N4OS/c1-9(2)23-14-11(7-21-23)10(15(24)20-8-16(17,18)19)6-12(22-14)13-4-3-5-25-13/h3-7,9H,8H2,1-2H3,(H,20,24). The van der Waals surface area contributed by atoms with Gasteiger partial charge in [0.15, 0.2) is 5.65 Å². The van der Waals surface area contributed by atoms with E-state index < -0.39 is 18.6 Å². The van der Waals surface area contributed by atoms with Gasteiger partial charge in [-0.1, -0.05) is 6.07 Å². The Balaban J connectivity index is 2.11. The molecule has 0 aliphatic heterocycles. The van der Waals surface area contributed by atoms with E-state index in [1.54, 1.807) is 4.68 Å². The van der Waals surface area contributed by atoms with Crippen LogP contribution in [0.2, 0.25) is 0 Å². The highest BCUT2D eigenvalue weighted by Crippen LogP contribution is 2.29. The molecule has 0 unspecified atom stereocenters. The van der Waals surface area contributed by atoms with Crippen molar-refractivity contribution in [2.75, 3.05) is 6.54 Å². The number of pyridine rings is 1. The highest BCUT2D eigenvalue weighted by molar-refractivity contribution is 7.13. The van der Waals surface area contributed by atoms with Crippen LogP contribution in [0.5, 0.6) is 0 Å². The smallest absolute Gasteiger partial charge is 0.343 e. The van der Waals surface area contributed by atoms with Crippen molar-refractivity contribution in [1.29, 1.82) is 0 Å². The van der Waals surface area contributed by atoms with Crippen LogP contribution in [0.1, 0.15) is 30.2 Å². The number of hydrogen-bond donors (Lipinski definition) is 1. The molecular weight excluding hydrogens is 353 g/mol. The molecule has 3 rings (SSSR count). The van der Waals surface area contributed by atoms with Crippen molar-refractivity contribution in [1.82, 2.24) is 20.1 Å². The summed E-state index contributed by atoms with van der Waals surface area (Å²) >= 11 is 1.44. The van der Waals surface area contributed by atoms with E-state index in [9.17, 15) is 18.0 Å². The molecule has 0 fully saturated rings. The van der Waals surface area contributed by atoms with Crippen LogP contribution < -0.4 is 5.32 Å². The molecule has 0 saturated heterocycles. The van der Waals surface area contributed by atoms with Crippen LogP contribution in [-0.2, 0) is 0 Å². The van der Waals surface area contributed by atoms with Gasteiger partial charge in [0.1, 0.15) is 6.54 Å². The molecule has 5 nitrogen and oxygen atoms in total. The van der Waals surface area contributed by atoms with Crippen LogP contribution in [0.15, 0.2) is 29.8 Å². The summed E-state index contributed by atoms with van der Waals surface area (Å²) in [4.78, 5) is 17.7. The third kappa shape index (κ3) is 3.65. The van der Waals surface area contributed by atoms with Crippen molar-refractivity contribution < 1.29 is 18.0 Å². The van der Waals surface area contributed by atoms with Gasteiger partial charge in [-0.25, -0.2) is 9.67 Å². The minimum absolute atomic E-state index is 0.00493. The summed E-state index contributed by atoms with van der Waals surface area (Å²) in [6, 6.07) is 5.18. The SMILES string of the molecule is CC(C)n1ncc2c(C(=O)NCC(F)(F)F)cc(-c3cccs3)nc21. The monoisotopic (exact) mass is 368 g/mol. The Morgan fingerprint density at radius 3 is 2.76 bits per heavy atom. The normalized spacial score (nSPS) is 12.1. The van der Waals surface area contributed by atoms with Crippen molar-refractivity contribution in [3.05, 3.63) is 35.3 Å². The maximum atomic E-state index is 12.4. The number of aromatic nitrogens is 3. The van der Waals surface area contributed by atoms with Gasteiger partial charge in [-0.2, -0.15) is 18.3 Å². The Bertz CT molecular complexity index is 900. The number of nitrogens with one attached hydrogen (secondary N) is 1. The third-order valence-electron chi connectivity index (χ3n) is 3.52. The highest BCUT2D eigenvalue weighted by Gasteiger charge is 2.28. The summed E-state index contributed by atoms with van der Waals surface area (Å²) < 4.78 is 38.9. The average Bonchev–Trinajstić information content (AvgIpc) is 3.19. The zero-order valence-corrected chi connectivity index (χ0v) is 14.3. The summed E-state index contributed by atoms with van der Waals surface area (Å²) in [7, 11) is 0. The molecule has 1 amide bonds. The number of hydrogen-bond acceptors (Lipinski definition) is 4. The van der Waals surface area contributed by atoms with Crippen molar-refractivity contribution in [2.24, 2.45) is 0 Å². The third-order valence-corrected chi connectivity index (χ3v) is 4.42. The number of nitrogens with zero attached hydrogens (tertiary/aromatic N) is 3. The fourth-order valence-corrected chi connectivity index (χ4v) is 3.10. The Morgan fingerprint density at radius 1 is 1.40 bits per heavy atom. The molecule has 0 atom stereocenters. The minimum Gasteiger partial charge on any atom is -0.343 e. The molecule has 0 aliphatic rings. The van der Waals surface area contributed by atoms with Gasteiger partial charge in [0.25, 0.3) is 5.91 Å². The second kappa shape index (κ2) is 6.47. The first-order valence-corrected chi connectivity index (χ1v) is 8.41. The van der Waals surface area contributed by atoms with Crippen LogP contribution in [0.4, 0.5) is 13.2 Å². The van der Waals surface area contributed by atoms with E-state index in [1.807, 2.05) is 36.7 Å². The fraction of sp³-hybridized carbons (Fsp3) is 0.312. The number of thiophene rings is 1. The summed E-state index contributed by atoms with van der Waals surface area (Å²) in [5, 5.41) is 8.43. The number of halogens is 3. The molecule has 25 heavy (non-hydrogen) atoms. The van der Waals surface area contributed by atoms with E-state index >= 15 is 0 Å². The van der Waals surface area contributed by atoms with Gasteiger partial charge in [0.05, 0.1) is 27.7 Å². The number of amides is 1. The number of alkyl halides is 3. The van der Waals surface area contributed by atoms with Crippen LogP contribution in [-0.4, -0.2) is 33.4 Å². The van der Waals surface area contributed by atoms with Crippen LogP contribution in [0.25, 0.3) is 21.6 Å². The Kier molecular flexibility index (Phi) is 4.51. The Hall–Kier alpha value is -2.42. The molecule has 0 aromatic carbocycles. The van der Waals surface area contributed by atoms with Gasteiger partial charge >= 0.3 is 6.18 Å². The van der Waals surface area contributed by atoms with Crippen LogP contribution >= 0.6 is 11.3 Å². The lowest BCUT2D eigenvalue weighted by molar-refractivity contribution is -0.123. The molecule has 0 spiro atoms. The zero-order chi connectivity index (χ0) is 18.2. The lowest BCUT2D eigenvalue weighted by atomic mass is 10.1. The number of carbonyl (C=O) groups is 1. The largest absolute Gasteiger partial charge is 0.405 e. The summed E-state index contributed by atoms with van der Waals surface area (Å²) in [6.45, 7) is 2.44. The van der Waals surface area contributed by atoms with Crippen molar-refractivity contribution in [3.63, 3.8) is 0 Å². The van der Waals surface area contributed by atoms with Gasteiger partial charge in [-0.3, -0.25) is 4.79 Å². The van der Waals surface area contributed by atoms with E-state index in [0.29, 0.717) is 16.7 Å². The van der Waals surface area contributed by atoms with E-state index in [-0.39, 0.29) is 11.6 Å². The molecule has 0 aliphatic carbocycles. The van der Waals surface area contributed by atoms with Crippen molar-refractivity contribution >= 4 is 28.3 Å². The Labute approximate surface area is 145 Å². The van der Waals surface area contributed by atoms with E-state index in [4.69, 9.17) is 0 Å². The van der Waals surface area contributed by atoms with Gasteiger partial charge < -0.3 is 5.32 Å². The zero-order valence-electron chi connectivity index (χ0n) is 13.5. The number of carbonyl (C=O) groups excluding carboxylic acids is 1. The molecule has 3 aromatic rings. The fourth-order valence-electron chi connectivity index (χ4n) is 2.41. The number of rotatable bonds is 4. The predicted molar refractivity (Wildman–Crippen MR) is 89.6 cm³/mol. The summed E-state index contributed by atoms with van der Waals surface area (Å²) in [5.41, 5.74) is 1.13. The van der Waals surface area contributed by atoms with Crippen molar-refractivity contribution in [3.8, 4) is 10.6 Å². The number of fused-ring (bicyclic) bond motifs is 1. The maximum absolute atomic E-state index is 12.4. The molecule has 1 N–H and O–H groups in total. The van der Waals surface area contributed by atoms with Gasteiger partial charge in [0.2, 0.25) is 0 Å². The first-order valence-electron chi connectivity index (χ1n) is 7.53. The highest BCUT2D eigenvalue weighted by atomic mass is 32.1. The van der Waals surface area contributed by atoms with Gasteiger partial charge in [-0.05, 0) is 31.4 Å². The predicted octanol–water partition coefficient (Wildman–Crippen LogP) is 4.03. The lowest BCUT2D eigenvalue weighted by Gasteiger charge is -2.11. The molecule has 0 radical (unpaired) electrons. The van der Waals surface area contributed by atoms with Crippen molar-refractivity contribution in [2.45, 2.75) is 26.1 Å². The molecule has 3 aromatic heterocycles. The van der Waals surface area contributed by atoms with Gasteiger partial charge in [0, 0.05) is 6.04 Å². The lowest BCUT2D eigenvalue weighted by Crippen LogP contribution is -2.33. The quantitative estimate of drug-likeness (QED) is 0.756. The van der Waals surface area contributed by atoms with Crippen LogP contribution in [0.3, 0.4) is 0 Å². The minimum atomic E-state index is -4.47. The molecular formula is C16H15F3N4OS. The summed E-state index contributed by atoms with van der Waals surface area (Å²) in [6.07, 6.45) is -3.01. The topological polar surface area (TPSA) is 59.8 Å². The van der Waals surface area contributed by atoms with Gasteiger partial charge in [-0.15, -0.1) is 11.3 Å². The molecule has 0 bridgehead atoms. The van der Waals surface area contributed by atoms with E-state index in [0.717, 1.165) is 4.88 Å². The molecule has 132 valence electrons. The first kappa shape index (κ1) is 17.4. The molecule has 3 heterocycles. The average molecular weight is 368 g/mol. The summed E-state index contributed by atoms with van der Waals surface area (Å²) in [5.74, 6) is -0.800. The van der Waals surface area contributed by atoms with E-state index in [2.05, 4.69) is 10.1 Å². The van der Waals surface area contributed by atoms with E-state index in [1.165, 1.54) is 23.6 Å². The first-order chi connectivity index (χ1) is 11.8. The molecule has 0 saturated carbocycles. The molecule has 9 heteroatoms. The maximum Gasteiger partial charge on any atom is 0.405 e. The van der Waals surface area contributed by atoms with Crippen LogP contribution in [0, 0.1) is 0 Å².